The van der Waals surface area contributed by atoms with E-state index >= 15 is 0 Å². The Morgan fingerprint density at radius 2 is 2.18 bits per heavy atom. The zero-order valence-corrected chi connectivity index (χ0v) is 10.7. The van der Waals surface area contributed by atoms with Gasteiger partial charge in [-0.25, -0.2) is 4.99 Å². The summed E-state index contributed by atoms with van der Waals surface area (Å²) < 4.78 is 0. The summed E-state index contributed by atoms with van der Waals surface area (Å²) in [6.07, 6.45) is 4.62. The van der Waals surface area contributed by atoms with Crippen LogP contribution in [-0.2, 0) is 6.42 Å². The fourth-order valence-corrected chi connectivity index (χ4v) is 1.98. The summed E-state index contributed by atoms with van der Waals surface area (Å²) in [6, 6.07) is 6.09. The maximum Gasteiger partial charge on any atom is 0.0860 e. The predicted octanol–water partition coefficient (Wildman–Crippen LogP) is 2.71. The number of nitrogens with two attached hydrogens (primary N) is 1. The van der Waals surface area contributed by atoms with Gasteiger partial charge in [-0.05, 0) is 37.3 Å². The minimum absolute atomic E-state index is 0.213. The van der Waals surface area contributed by atoms with E-state index < -0.39 is 0 Å². The standard InChI is InChI=1S/C14H22N2O/c1-3-5-13(17)9-8-12-7-4-6-11(2)14(12)16-10-15/h4,6-7,10,13,17H,3,5,8-9H2,1-2H3,(H2,15,16). The first kappa shape index (κ1) is 13.7. The van der Waals surface area contributed by atoms with Gasteiger partial charge in [-0.2, -0.15) is 0 Å². The van der Waals surface area contributed by atoms with Crippen LogP contribution in [0.1, 0.15) is 37.3 Å². The van der Waals surface area contributed by atoms with E-state index in [9.17, 15) is 5.11 Å². The van der Waals surface area contributed by atoms with E-state index in [1.807, 2.05) is 25.1 Å². The highest BCUT2D eigenvalue weighted by Gasteiger charge is 2.07. The number of benzene rings is 1. The van der Waals surface area contributed by atoms with Crippen LogP contribution in [0.4, 0.5) is 5.69 Å². The van der Waals surface area contributed by atoms with Crippen LogP contribution in [-0.4, -0.2) is 17.5 Å². The van der Waals surface area contributed by atoms with Crippen LogP contribution in [0.15, 0.2) is 23.2 Å². The quantitative estimate of drug-likeness (QED) is 0.587. The fraction of sp³-hybridized carbons (Fsp3) is 0.500. The minimum Gasteiger partial charge on any atom is -0.393 e. The lowest BCUT2D eigenvalue weighted by atomic mass is 10.0. The molecule has 3 nitrogen and oxygen atoms in total. The van der Waals surface area contributed by atoms with Crippen molar-refractivity contribution in [2.24, 2.45) is 10.7 Å². The number of aryl methyl sites for hydroxylation is 2. The van der Waals surface area contributed by atoms with Crippen molar-refractivity contribution in [2.45, 2.75) is 45.6 Å². The maximum absolute atomic E-state index is 9.74. The van der Waals surface area contributed by atoms with Gasteiger partial charge in [-0.3, -0.25) is 0 Å². The van der Waals surface area contributed by atoms with Crippen molar-refractivity contribution in [1.29, 1.82) is 0 Å². The van der Waals surface area contributed by atoms with Gasteiger partial charge in [-0.15, -0.1) is 0 Å². The Kier molecular flexibility index (Phi) is 5.70. The summed E-state index contributed by atoms with van der Waals surface area (Å²) in [6.45, 7) is 4.11. The van der Waals surface area contributed by atoms with Gasteiger partial charge >= 0.3 is 0 Å². The second-order valence-corrected chi connectivity index (χ2v) is 4.34. The molecular formula is C14H22N2O. The number of nitrogens with zero attached hydrogens (tertiary/aromatic N) is 1. The number of hydrogen-bond acceptors (Lipinski definition) is 2. The molecule has 0 radical (unpaired) electrons. The molecule has 0 fully saturated rings. The number of aliphatic hydroxyl groups is 1. The third-order valence-electron chi connectivity index (χ3n) is 2.89. The summed E-state index contributed by atoms with van der Waals surface area (Å²) in [5, 5.41) is 9.74. The average Bonchev–Trinajstić information content (AvgIpc) is 2.30. The Labute approximate surface area is 103 Å². The molecule has 94 valence electrons. The van der Waals surface area contributed by atoms with E-state index in [2.05, 4.69) is 11.9 Å². The summed E-state index contributed by atoms with van der Waals surface area (Å²) >= 11 is 0. The molecule has 0 heterocycles. The minimum atomic E-state index is -0.213. The highest BCUT2D eigenvalue weighted by molar-refractivity contribution is 5.63. The van der Waals surface area contributed by atoms with Gasteiger partial charge < -0.3 is 10.8 Å². The van der Waals surface area contributed by atoms with Gasteiger partial charge in [0.1, 0.15) is 0 Å². The summed E-state index contributed by atoms with van der Waals surface area (Å²) in [7, 11) is 0. The molecule has 0 aromatic heterocycles. The van der Waals surface area contributed by atoms with Crippen molar-refractivity contribution in [2.75, 3.05) is 0 Å². The van der Waals surface area contributed by atoms with E-state index in [0.717, 1.165) is 42.5 Å². The van der Waals surface area contributed by atoms with Crippen molar-refractivity contribution in [1.82, 2.24) is 0 Å². The number of aliphatic imine (C=N–C) groups is 1. The lowest BCUT2D eigenvalue weighted by Gasteiger charge is -2.11. The first-order valence-electron chi connectivity index (χ1n) is 6.19. The van der Waals surface area contributed by atoms with E-state index in [-0.39, 0.29) is 6.10 Å². The van der Waals surface area contributed by atoms with Crippen LogP contribution in [0.2, 0.25) is 0 Å². The number of aliphatic hydroxyl groups excluding tert-OH is 1. The highest BCUT2D eigenvalue weighted by Crippen LogP contribution is 2.25. The van der Waals surface area contributed by atoms with Crippen molar-refractivity contribution >= 4 is 12.0 Å². The van der Waals surface area contributed by atoms with Crippen LogP contribution in [0.5, 0.6) is 0 Å². The monoisotopic (exact) mass is 234 g/mol. The molecule has 1 unspecified atom stereocenters. The van der Waals surface area contributed by atoms with Gasteiger partial charge in [0.25, 0.3) is 0 Å². The van der Waals surface area contributed by atoms with Gasteiger partial charge in [-0.1, -0.05) is 31.5 Å². The Balaban J connectivity index is 2.73. The molecule has 1 aromatic rings. The summed E-state index contributed by atoms with van der Waals surface area (Å²) in [5.74, 6) is 0. The first-order valence-corrected chi connectivity index (χ1v) is 6.19. The van der Waals surface area contributed by atoms with Crippen LogP contribution >= 0.6 is 0 Å². The molecule has 0 aliphatic carbocycles. The SMILES string of the molecule is CCCC(O)CCc1cccc(C)c1N=CN. The number of para-hydroxylation sites is 1. The normalized spacial score (nSPS) is 13.1. The third-order valence-corrected chi connectivity index (χ3v) is 2.89. The molecule has 0 aliphatic rings. The smallest absolute Gasteiger partial charge is 0.0860 e. The first-order chi connectivity index (χ1) is 8.19. The van der Waals surface area contributed by atoms with E-state index in [1.165, 1.54) is 6.34 Å². The Hall–Kier alpha value is -1.35. The Bertz CT molecular complexity index is 374. The van der Waals surface area contributed by atoms with E-state index in [4.69, 9.17) is 5.73 Å². The van der Waals surface area contributed by atoms with Gasteiger partial charge in [0.15, 0.2) is 0 Å². The second-order valence-electron chi connectivity index (χ2n) is 4.34. The van der Waals surface area contributed by atoms with Crippen molar-refractivity contribution in [3.8, 4) is 0 Å². The molecule has 17 heavy (non-hydrogen) atoms. The largest absolute Gasteiger partial charge is 0.393 e. The van der Waals surface area contributed by atoms with Crippen LogP contribution in [0.25, 0.3) is 0 Å². The molecule has 1 rings (SSSR count). The van der Waals surface area contributed by atoms with Crippen LogP contribution in [0, 0.1) is 6.92 Å². The predicted molar refractivity (Wildman–Crippen MR) is 72.8 cm³/mol. The van der Waals surface area contributed by atoms with Crippen LogP contribution in [0.3, 0.4) is 0 Å². The molecule has 1 atom stereocenters. The molecule has 0 saturated heterocycles. The van der Waals surface area contributed by atoms with Crippen molar-refractivity contribution < 1.29 is 5.11 Å². The highest BCUT2D eigenvalue weighted by atomic mass is 16.3. The lowest BCUT2D eigenvalue weighted by molar-refractivity contribution is 0.154. The molecule has 0 spiro atoms. The summed E-state index contributed by atoms with van der Waals surface area (Å²) in [4.78, 5) is 4.20. The zero-order valence-electron chi connectivity index (χ0n) is 10.7. The van der Waals surface area contributed by atoms with Gasteiger partial charge in [0, 0.05) is 0 Å². The van der Waals surface area contributed by atoms with E-state index in [0.29, 0.717) is 0 Å². The molecule has 1 aromatic carbocycles. The number of rotatable bonds is 6. The molecule has 0 bridgehead atoms. The fourth-order valence-electron chi connectivity index (χ4n) is 1.98. The lowest BCUT2D eigenvalue weighted by Crippen LogP contribution is -2.07. The zero-order chi connectivity index (χ0) is 12.7. The molecule has 3 N–H and O–H groups in total. The molecule has 0 saturated carbocycles. The summed E-state index contributed by atoms with van der Waals surface area (Å²) in [5.41, 5.74) is 8.58. The Morgan fingerprint density at radius 3 is 2.82 bits per heavy atom. The van der Waals surface area contributed by atoms with Crippen molar-refractivity contribution in [3.63, 3.8) is 0 Å². The average molecular weight is 234 g/mol. The van der Waals surface area contributed by atoms with Crippen LogP contribution < -0.4 is 5.73 Å². The molecule has 0 aliphatic heterocycles. The topological polar surface area (TPSA) is 58.6 Å². The Morgan fingerprint density at radius 1 is 1.41 bits per heavy atom. The maximum atomic E-state index is 9.74. The van der Waals surface area contributed by atoms with Crippen molar-refractivity contribution in [3.05, 3.63) is 29.3 Å². The molecule has 3 heteroatoms. The van der Waals surface area contributed by atoms with E-state index in [1.54, 1.807) is 0 Å². The van der Waals surface area contributed by atoms with Gasteiger partial charge in [0.05, 0.1) is 18.1 Å². The third kappa shape index (κ3) is 4.19. The number of hydrogen-bond donors (Lipinski definition) is 2. The van der Waals surface area contributed by atoms with Gasteiger partial charge in [0.2, 0.25) is 0 Å². The molecule has 0 amide bonds. The molecular weight excluding hydrogens is 212 g/mol. The second kappa shape index (κ2) is 7.07.